The Morgan fingerprint density at radius 3 is 2.73 bits per heavy atom. The number of carbonyl (C=O) groups is 1. The number of nitrogens with zero attached hydrogens (tertiary/aromatic N) is 1. The number of nitrogens with one attached hydrogen (secondary N) is 2. The molecule has 0 bridgehead atoms. The SMILES string of the molecule is COCC1(CNC(=O)Cn2ccc(=O)c3ccccc32)CCNCC1.Cl. The van der Waals surface area contributed by atoms with E-state index in [0.717, 1.165) is 31.4 Å². The molecule has 1 fully saturated rings. The summed E-state index contributed by atoms with van der Waals surface area (Å²) in [6, 6.07) is 8.87. The number of amides is 1. The molecule has 2 heterocycles. The van der Waals surface area contributed by atoms with Crippen LogP contribution in [0, 0.1) is 5.41 Å². The number of aromatic nitrogens is 1. The van der Waals surface area contributed by atoms with E-state index < -0.39 is 0 Å². The lowest BCUT2D eigenvalue weighted by atomic mass is 9.79. The highest BCUT2D eigenvalue weighted by Gasteiger charge is 2.32. The minimum Gasteiger partial charge on any atom is -0.384 e. The molecular formula is C19H26ClN3O3. The van der Waals surface area contributed by atoms with Gasteiger partial charge in [0.05, 0.1) is 12.1 Å². The highest BCUT2D eigenvalue weighted by molar-refractivity contribution is 5.85. The first-order chi connectivity index (χ1) is 12.1. The Balaban J connectivity index is 0.00000243. The highest BCUT2D eigenvalue weighted by Crippen LogP contribution is 2.28. The molecule has 1 amide bonds. The van der Waals surface area contributed by atoms with Gasteiger partial charge in [0.15, 0.2) is 5.43 Å². The summed E-state index contributed by atoms with van der Waals surface area (Å²) in [5.74, 6) is -0.0530. The predicted molar refractivity (Wildman–Crippen MR) is 105 cm³/mol. The van der Waals surface area contributed by atoms with Crippen LogP contribution in [0.2, 0.25) is 0 Å². The van der Waals surface area contributed by atoms with Crippen LogP contribution in [-0.4, -0.2) is 43.8 Å². The molecule has 0 radical (unpaired) electrons. The number of piperidine rings is 1. The van der Waals surface area contributed by atoms with E-state index in [2.05, 4.69) is 10.6 Å². The molecule has 1 saturated heterocycles. The molecule has 1 aliphatic heterocycles. The second kappa shape index (κ2) is 9.16. The predicted octanol–water partition coefficient (Wildman–Crippen LogP) is 1.56. The fraction of sp³-hybridized carbons (Fsp3) is 0.474. The van der Waals surface area contributed by atoms with E-state index in [9.17, 15) is 9.59 Å². The van der Waals surface area contributed by atoms with Crippen molar-refractivity contribution in [2.75, 3.05) is 33.4 Å². The number of hydrogen-bond donors (Lipinski definition) is 2. The number of halogens is 1. The summed E-state index contributed by atoms with van der Waals surface area (Å²) in [5.41, 5.74) is 0.751. The molecule has 0 saturated carbocycles. The number of benzene rings is 1. The second-order valence-corrected chi connectivity index (χ2v) is 6.78. The quantitative estimate of drug-likeness (QED) is 0.798. The molecule has 26 heavy (non-hydrogen) atoms. The second-order valence-electron chi connectivity index (χ2n) is 6.78. The maximum atomic E-state index is 12.5. The first-order valence-corrected chi connectivity index (χ1v) is 8.68. The minimum absolute atomic E-state index is 0. The van der Waals surface area contributed by atoms with Gasteiger partial charge in [0.1, 0.15) is 6.54 Å². The lowest BCUT2D eigenvalue weighted by Crippen LogP contribution is -2.47. The molecule has 0 unspecified atom stereocenters. The fourth-order valence-corrected chi connectivity index (χ4v) is 3.53. The summed E-state index contributed by atoms with van der Waals surface area (Å²) in [4.78, 5) is 24.4. The van der Waals surface area contributed by atoms with Crippen LogP contribution in [0.4, 0.5) is 0 Å². The van der Waals surface area contributed by atoms with Crippen molar-refractivity contribution in [2.24, 2.45) is 5.41 Å². The van der Waals surface area contributed by atoms with Gasteiger partial charge in [0.25, 0.3) is 0 Å². The van der Waals surface area contributed by atoms with E-state index in [1.165, 1.54) is 6.07 Å². The lowest BCUT2D eigenvalue weighted by molar-refractivity contribution is -0.122. The first-order valence-electron chi connectivity index (χ1n) is 8.68. The van der Waals surface area contributed by atoms with E-state index >= 15 is 0 Å². The van der Waals surface area contributed by atoms with Crippen molar-refractivity contribution in [3.05, 3.63) is 46.8 Å². The number of ether oxygens (including phenoxy) is 1. The van der Waals surface area contributed by atoms with Crippen LogP contribution in [0.3, 0.4) is 0 Å². The van der Waals surface area contributed by atoms with Crippen molar-refractivity contribution >= 4 is 29.2 Å². The lowest BCUT2D eigenvalue weighted by Gasteiger charge is -2.37. The Morgan fingerprint density at radius 2 is 2.00 bits per heavy atom. The summed E-state index contributed by atoms with van der Waals surface area (Å²) >= 11 is 0. The van der Waals surface area contributed by atoms with Gasteiger partial charge in [-0.25, -0.2) is 0 Å². The number of pyridine rings is 1. The zero-order chi connectivity index (χ0) is 17.7. The molecule has 7 heteroatoms. The third kappa shape index (κ3) is 4.63. The molecule has 1 aromatic heterocycles. The van der Waals surface area contributed by atoms with Gasteiger partial charge in [-0.05, 0) is 38.1 Å². The van der Waals surface area contributed by atoms with Gasteiger partial charge >= 0.3 is 0 Å². The average Bonchev–Trinajstić information content (AvgIpc) is 2.64. The zero-order valence-electron chi connectivity index (χ0n) is 15.0. The molecule has 1 aromatic carbocycles. The number of rotatable bonds is 6. The van der Waals surface area contributed by atoms with Crippen molar-refractivity contribution in [2.45, 2.75) is 19.4 Å². The summed E-state index contributed by atoms with van der Waals surface area (Å²) in [6.07, 6.45) is 3.66. The van der Waals surface area contributed by atoms with Gasteiger partial charge < -0.3 is 19.9 Å². The van der Waals surface area contributed by atoms with Crippen LogP contribution < -0.4 is 16.1 Å². The van der Waals surface area contributed by atoms with Gasteiger partial charge in [0.2, 0.25) is 5.91 Å². The van der Waals surface area contributed by atoms with E-state index in [0.29, 0.717) is 18.5 Å². The van der Waals surface area contributed by atoms with Crippen molar-refractivity contribution in [1.82, 2.24) is 15.2 Å². The largest absolute Gasteiger partial charge is 0.384 e. The van der Waals surface area contributed by atoms with Crippen molar-refractivity contribution in [3.63, 3.8) is 0 Å². The molecule has 142 valence electrons. The number of hydrogen-bond acceptors (Lipinski definition) is 4. The molecule has 3 rings (SSSR count). The number of fused-ring (bicyclic) bond motifs is 1. The summed E-state index contributed by atoms with van der Waals surface area (Å²) < 4.78 is 7.20. The molecule has 1 aliphatic rings. The van der Waals surface area contributed by atoms with Gasteiger partial charge in [-0.1, -0.05) is 12.1 Å². The Hall–Kier alpha value is -1.89. The van der Waals surface area contributed by atoms with Crippen molar-refractivity contribution in [1.29, 1.82) is 0 Å². The van der Waals surface area contributed by atoms with E-state index in [1.54, 1.807) is 19.4 Å². The molecule has 0 atom stereocenters. The first kappa shape index (κ1) is 20.4. The van der Waals surface area contributed by atoms with Gasteiger partial charge in [-0.15, -0.1) is 12.4 Å². The molecule has 0 spiro atoms. The average molecular weight is 380 g/mol. The van der Waals surface area contributed by atoms with Crippen LogP contribution >= 0.6 is 12.4 Å². The normalized spacial score (nSPS) is 16.0. The number of methoxy groups -OCH3 is 1. The Morgan fingerprint density at radius 1 is 1.27 bits per heavy atom. The maximum absolute atomic E-state index is 12.5. The van der Waals surface area contributed by atoms with Gasteiger partial charge in [0, 0.05) is 36.7 Å². The van der Waals surface area contributed by atoms with Crippen LogP contribution in [0.5, 0.6) is 0 Å². The standard InChI is InChI=1S/C19H25N3O3.ClH/c1-25-14-19(7-9-20-10-8-19)13-21-18(24)12-22-11-6-17(23)15-4-2-3-5-16(15)22;/h2-6,11,20H,7-10,12-14H2,1H3,(H,21,24);1H. The number of para-hydroxylation sites is 1. The number of carbonyl (C=O) groups excluding carboxylic acids is 1. The van der Waals surface area contributed by atoms with Gasteiger partial charge in [-0.2, -0.15) is 0 Å². The van der Waals surface area contributed by atoms with Crippen LogP contribution in [-0.2, 0) is 16.1 Å². The third-order valence-electron chi connectivity index (χ3n) is 4.97. The summed E-state index contributed by atoms with van der Waals surface area (Å²) in [6.45, 7) is 3.35. The summed E-state index contributed by atoms with van der Waals surface area (Å²) in [5, 5.41) is 7.04. The fourth-order valence-electron chi connectivity index (χ4n) is 3.53. The van der Waals surface area contributed by atoms with Gasteiger partial charge in [-0.3, -0.25) is 9.59 Å². The van der Waals surface area contributed by atoms with Crippen molar-refractivity contribution in [3.8, 4) is 0 Å². The molecule has 2 aromatic rings. The Bertz CT molecular complexity index is 794. The Kier molecular flexibility index (Phi) is 7.20. The van der Waals surface area contributed by atoms with Crippen molar-refractivity contribution < 1.29 is 9.53 Å². The highest BCUT2D eigenvalue weighted by atomic mass is 35.5. The van der Waals surface area contributed by atoms with E-state index in [-0.39, 0.29) is 35.7 Å². The van der Waals surface area contributed by atoms with Crippen LogP contribution in [0.15, 0.2) is 41.3 Å². The smallest absolute Gasteiger partial charge is 0.239 e. The molecule has 2 N–H and O–H groups in total. The molecule has 6 nitrogen and oxygen atoms in total. The van der Waals surface area contributed by atoms with Crippen LogP contribution in [0.25, 0.3) is 10.9 Å². The maximum Gasteiger partial charge on any atom is 0.239 e. The summed E-state index contributed by atoms with van der Waals surface area (Å²) in [7, 11) is 1.71. The minimum atomic E-state index is -0.0530. The zero-order valence-corrected chi connectivity index (χ0v) is 15.8. The Labute approximate surface area is 159 Å². The molecule has 0 aliphatic carbocycles. The third-order valence-corrected chi connectivity index (χ3v) is 4.97. The topological polar surface area (TPSA) is 72.4 Å². The monoisotopic (exact) mass is 379 g/mol. The molecular weight excluding hydrogens is 354 g/mol. The van der Waals surface area contributed by atoms with E-state index in [4.69, 9.17) is 4.74 Å². The van der Waals surface area contributed by atoms with E-state index in [1.807, 2.05) is 22.8 Å². The van der Waals surface area contributed by atoms with Crippen LogP contribution in [0.1, 0.15) is 12.8 Å².